The molecule has 1 amide bonds. The summed E-state index contributed by atoms with van der Waals surface area (Å²) in [6.45, 7) is -0.0721. The van der Waals surface area contributed by atoms with Crippen molar-refractivity contribution in [2.24, 2.45) is 0 Å². The summed E-state index contributed by atoms with van der Waals surface area (Å²) in [5.41, 5.74) is 4.79. The van der Waals surface area contributed by atoms with Crippen molar-refractivity contribution in [3.63, 3.8) is 0 Å². The molecule has 0 spiro atoms. The molecule has 2 atom stereocenters. The van der Waals surface area contributed by atoms with Crippen LogP contribution in [-0.2, 0) is 4.74 Å². The van der Waals surface area contributed by atoms with Gasteiger partial charge in [-0.3, -0.25) is 0 Å². The molecule has 0 saturated heterocycles. The number of amides is 1. The van der Waals surface area contributed by atoms with E-state index in [2.05, 4.69) is 17.4 Å². The van der Waals surface area contributed by atoms with Gasteiger partial charge in [0.1, 0.15) is 24.6 Å². The van der Waals surface area contributed by atoms with E-state index >= 15 is 0 Å². The summed E-state index contributed by atoms with van der Waals surface area (Å²) in [7, 11) is 4.40. The van der Waals surface area contributed by atoms with Crippen LogP contribution < -0.4 is 19.5 Å². The fourth-order valence-corrected chi connectivity index (χ4v) is 4.44. The molecule has 0 fully saturated rings. The van der Waals surface area contributed by atoms with E-state index in [1.54, 1.807) is 6.07 Å². The largest absolute Gasteiger partial charge is 0.496 e. The molecule has 2 unspecified atom stereocenters. The Labute approximate surface area is 204 Å². The third-order valence-corrected chi connectivity index (χ3v) is 6.22. The van der Waals surface area contributed by atoms with Crippen LogP contribution in [0.5, 0.6) is 17.2 Å². The van der Waals surface area contributed by atoms with Crippen LogP contribution in [0.15, 0.2) is 60.7 Å². The standard InChI is InChI=1S/C27H29NO7/c1-32-23-13-25(34-3)24(33-2)12-20(23)26(30)22(29)14-28-27(31)35-15-21-18-10-6-4-8-16(18)17-9-5-7-11-19(17)21/h4-13,21-22,26,29-30H,14-15H2,1-3H3,(H,28,31). The highest BCUT2D eigenvalue weighted by Gasteiger charge is 2.29. The van der Waals surface area contributed by atoms with E-state index in [0.29, 0.717) is 22.8 Å². The van der Waals surface area contributed by atoms with Gasteiger partial charge >= 0.3 is 6.09 Å². The van der Waals surface area contributed by atoms with Gasteiger partial charge in [-0.15, -0.1) is 0 Å². The highest BCUT2D eigenvalue weighted by Crippen LogP contribution is 2.44. The van der Waals surface area contributed by atoms with Crippen molar-refractivity contribution in [3.05, 3.63) is 77.4 Å². The maximum Gasteiger partial charge on any atom is 0.407 e. The van der Waals surface area contributed by atoms with E-state index in [-0.39, 0.29) is 19.1 Å². The molecule has 1 aliphatic carbocycles. The molecule has 3 N–H and O–H groups in total. The number of hydrogen-bond donors (Lipinski definition) is 3. The van der Waals surface area contributed by atoms with Crippen LogP contribution in [0.4, 0.5) is 4.79 Å². The topological polar surface area (TPSA) is 106 Å². The lowest BCUT2D eigenvalue weighted by Gasteiger charge is -2.22. The minimum absolute atomic E-state index is 0.0697. The summed E-state index contributed by atoms with van der Waals surface area (Å²) in [6, 6.07) is 19.2. The van der Waals surface area contributed by atoms with Crippen molar-refractivity contribution < 1.29 is 34.0 Å². The Bertz CT molecular complexity index is 1150. The SMILES string of the molecule is COc1cc(OC)c(C(O)C(O)CNC(=O)OCC2c3ccccc3-c3ccccc32)cc1OC. The number of aliphatic hydroxyl groups excluding tert-OH is 2. The molecule has 0 radical (unpaired) electrons. The molecule has 0 aliphatic heterocycles. The summed E-state index contributed by atoms with van der Waals surface area (Å²) in [5, 5.41) is 23.7. The predicted molar refractivity (Wildman–Crippen MR) is 130 cm³/mol. The zero-order chi connectivity index (χ0) is 24.9. The van der Waals surface area contributed by atoms with Crippen molar-refractivity contribution in [1.29, 1.82) is 0 Å². The van der Waals surface area contributed by atoms with Gasteiger partial charge in [0.25, 0.3) is 0 Å². The van der Waals surface area contributed by atoms with Crippen LogP contribution in [0.25, 0.3) is 11.1 Å². The van der Waals surface area contributed by atoms with Gasteiger partial charge in [-0.2, -0.15) is 0 Å². The molecule has 0 heterocycles. The number of nitrogens with one attached hydrogen (secondary N) is 1. The van der Waals surface area contributed by atoms with Crippen LogP contribution in [0.3, 0.4) is 0 Å². The van der Waals surface area contributed by atoms with Gasteiger partial charge < -0.3 is 34.5 Å². The third-order valence-electron chi connectivity index (χ3n) is 6.22. The van der Waals surface area contributed by atoms with Gasteiger partial charge in [0.15, 0.2) is 11.5 Å². The number of benzene rings is 3. The van der Waals surface area contributed by atoms with Gasteiger partial charge in [0.2, 0.25) is 0 Å². The van der Waals surface area contributed by atoms with Crippen LogP contribution in [0.2, 0.25) is 0 Å². The number of carbonyl (C=O) groups is 1. The molecular weight excluding hydrogens is 450 g/mol. The summed E-state index contributed by atoms with van der Waals surface area (Å²) >= 11 is 0. The summed E-state index contributed by atoms with van der Waals surface area (Å²) in [5.74, 6) is 1.04. The zero-order valence-electron chi connectivity index (χ0n) is 19.9. The molecule has 184 valence electrons. The lowest BCUT2D eigenvalue weighted by molar-refractivity contribution is 0.0171. The predicted octanol–water partition coefficient (Wildman–Crippen LogP) is 3.65. The van der Waals surface area contributed by atoms with E-state index in [4.69, 9.17) is 18.9 Å². The Balaban J connectivity index is 1.37. The molecule has 3 aromatic rings. The molecular formula is C27H29NO7. The maximum atomic E-state index is 12.4. The van der Waals surface area contributed by atoms with E-state index in [1.165, 1.54) is 27.4 Å². The normalized spacial score (nSPS) is 13.9. The summed E-state index contributed by atoms with van der Waals surface area (Å²) in [4.78, 5) is 12.4. The number of ether oxygens (including phenoxy) is 4. The molecule has 4 rings (SSSR count). The minimum atomic E-state index is -1.35. The van der Waals surface area contributed by atoms with Crippen molar-refractivity contribution in [1.82, 2.24) is 5.32 Å². The number of fused-ring (bicyclic) bond motifs is 3. The van der Waals surface area contributed by atoms with Crippen LogP contribution in [-0.4, -0.2) is 56.9 Å². The fraction of sp³-hybridized carbons (Fsp3) is 0.296. The zero-order valence-corrected chi connectivity index (χ0v) is 19.9. The van der Waals surface area contributed by atoms with E-state index in [1.807, 2.05) is 36.4 Å². The van der Waals surface area contributed by atoms with Crippen molar-refractivity contribution in [2.75, 3.05) is 34.5 Å². The number of hydrogen-bond acceptors (Lipinski definition) is 7. The van der Waals surface area contributed by atoms with Crippen molar-refractivity contribution in [2.45, 2.75) is 18.1 Å². The molecule has 0 saturated carbocycles. The fourth-order valence-electron chi connectivity index (χ4n) is 4.44. The van der Waals surface area contributed by atoms with E-state index < -0.39 is 18.3 Å². The second kappa shape index (κ2) is 10.7. The number of rotatable bonds is 9. The highest BCUT2D eigenvalue weighted by atomic mass is 16.5. The first kappa shape index (κ1) is 24.4. The van der Waals surface area contributed by atoms with E-state index in [0.717, 1.165) is 22.3 Å². The monoisotopic (exact) mass is 479 g/mol. The average Bonchev–Trinajstić information content (AvgIpc) is 3.22. The Morgan fingerprint density at radius 2 is 1.40 bits per heavy atom. The van der Waals surface area contributed by atoms with Gasteiger partial charge in [-0.25, -0.2) is 4.79 Å². The third kappa shape index (κ3) is 4.89. The highest BCUT2D eigenvalue weighted by molar-refractivity contribution is 5.79. The molecule has 35 heavy (non-hydrogen) atoms. The lowest BCUT2D eigenvalue weighted by Crippen LogP contribution is -2.36. The average molecular weight is 480 g/mol. The lowest BCUT2D eigenvalue weighted by atomic mass is 9.98. The number of aliphatic hydroxyl groups is 2. The Morgan fingerprint density at radius 1 is 0.857 bits per heavy atom. The maximum absolute atomic E-state index is 12.4. The Hall–Kier alpha value is -3.75. The van der Waals surface area contributed by atoms with Crippen LogP contribution in [0, 0.1) is 0 Å². The summed E-state index contributed by atoms with van der Waals surface area (Å²) in [6.07, 6.45) is -3.35. The number of alkyl carbamates (subject to hydrolysis) is 1. The van der Waals surface area contributed by atoms with Crippen LogP contribution in [0.1, 0.15) is 28.7 Å². The van der Waals surface area contributed by atoms with Crippen molar-refractivity contribution in [3.8, 4) is 28.4 Å². The molecule has 3 aromatic carbocycles. The molecule has 0 aromatic heterocycles. The second-order valence-electron chi connectivity index (χ2n) is 8.17. The smallest absolute Gasteiger partial charge is 0.407 e. The minimum Gasteiger partial charge on any atom is -0.496 e. The van der Waals surface area contributed by atoms with Gasteiger partial charge in [0.05, 0.1) is 21.3 Å². The first-order valence-corrected chi connectivity index (χ1v) is 11.2. The molecule has 1 aliphatic rings. The number of methoxy groups -OCH3 is 3. The Kier molecular flexibility index (Phi) is 7.43. The van der Waals surface area contributed by atoms with Crippen molar-refractivity contribution >= 4 is 6.09 Å². The first-order valence-electron chi connectivity index (χ1n) is 11.2. The van der Waals surface area contributed by atoms with Gasteiger partial charge in [-0.05, 0) is 28.3 Å². The molecule has 0 bridgehead atoms. The Morgan fingerprint density at radius 3 is 1.97 bits per heavy atom. The summed E-state index contributed by atoms with van der Waals surface area (Å²) < 4.78 is 21.3. The number of carbonyl (C=O) groups excluding carboxylic acids is 1. The van der Waals surface area contributed by atoms with Gasteiger partial charge in [-0.1, -0.05) is 48.5 Å². The second-order valence-corrected chi connectivity index (χ2v) is 8.17. The first-order chi connectivity index (χ1) is 17.0. The molecule has 8 nitrogen and oxygen atoms in total. The molecule has 8 heteroatoms. The van der Waals surface area contributed by atoms with Gasteiger partial charge in [0, 0.05) is 24.1 Å². The van der Waals surface area contributed by atoms with E-state index in [9.17, 15) is 15.0 Å². The quantitative estimate of drug-likeness (QED) is 0.430. The van der Waals surface area contributed by atoms with Crippen LogP contribution >= 0.6 is 0 Å².